The lowest BCUT2D eigenvalue weighted by molar-refractivity contribution is -0.113. The van der Waals surface area contributed by atoms with Crippen molar-refractivity contribution in [3.05, 3.63) is 35.7 Å². The van der Waals surface area contributed by atoms with Gasteiger partial charge in [-0.05, 0) is 31.0 Å². The number of nitrogens with zero attached hydrogens (tertiary/aromatic N) is 2. The maximum Gasteiger partial charge on any atom is 0.335 e. The van der Waals surface area contributed by atoms with E-state index in [0.717, 1.165) is 12.8 Å². The molecule has 1 aromatic heterocycles. The van der Waals surface area contributed by atoms with Gasteiger partial charge in [0.25, 0.3) is 5.22 Å². The molecule has 1 aliphatic carbocycles. The van der Waals surface area contributed by atoms with Crippen LogP contribution < -0.4 is 5.32 Å². The number of benzene rings is 1. The summed E-state index contributed by atoms with van der Waals surface area (Å²) in [6.45, 7) is 0. The molecule has 0 bridgehead atoms. The van der Waals surface area contributed by atoms with E-state index >= 15 is 0 Å². The average Bonchev–Trinajstić information content (AvgIpc) is 3.10. The summed E-state index contributed by atoms with van der Waals surface area (Å²) in [5, 5.41) is 20.1. The monoisotopic (exact) mass is 361 g/mol. The summed E-state index contributed by atoms with van der Waals surface area (Å²) < 4.78 is 5.66. The fourth-order valence-corrected chi connectivity index (χ4v) is 3.42. The molecule has 1 saturated carbocycles. The summed E-state index contributed by atoms with van der Waals surface area (Å²) in [5.74, 6) is -0.180. The number of thioether (sulfide) groups is 1. The van der Waals surface area contributed by atoms with Gasteiger partial charge in [0.2, 0.25) is 11.8 Å². The largest absolute Gasteiger partial charge is 0.478 e. The number of nitrogens with one attached hydrogen (secondary N) is 1. The first-order chi connectivity index (χ1) is 12.1. The molecule has 1 amide bonds. The fraction of sp³-hybridized carbons (Fsp3) is 0.412. The van der Waals surface area contributed by atoms with Gasteiger partial charge in [0.1, 0.15) is 0 Å². The summed E-state index contributed by atoms with van der Waals surface area (Å²) >= 11 is 1.17. The Bertz CT molecular complexity index is 756. The molecule has 0 unspecified atom stereocenters. The van der Waals surface area contributed by atoms with Gasteiger partial charge in [-0.15, -0.1) is 10.2 Å². The third-order valence-electron chi connectivity index (χ3n) is 4.10. The van der Waals surface area contributed by atoms with Gasteiger partial charge in [-0.2, -0.15) is 0 Å². The van der Waals surface area contributed by atoms with Crippen molar-refractivity contribution < 1.29 is 19.1 Å². The Morgan fingerprint density at radius 3 is 2.80 bits per heavy atom. The second-order valence-electron chi connectivity index (χ2n) is 5.96. The molecule has 132 valence electrons. The lowest BCUT2D eigenvalue weighted by Gasteiger charge is -2.17. The van der Waals surface area contributed by atoms with E-state index in [1.165, 1.54) is 43.2 Å². The molecular formula is C17H19N3O4S. The Labute approximate surface area is 149 Å². The number of rotatable bonds is 6. The molecule has 2 aromatic rings. The Balaban J connectivity index is 1.51. The highest BCUT2D eigenvalue weighted by molar-refractivity contribution is 7.99. The van der Waals surface area contributed by atoms with Gasteiger partial charge in [-0.1, -0.05) is 37.1 Å². The molecule has 0 saturated heterocycles. The molecule has 2 N–H and O–H groups in total. The Kier molecular flexibility index (Phi) is 5.70. The van der Waals surface area contributed by atoms with Crippen molar-refractivity contribution in [2.24, 2.45) is 0 Å². The van der Waals surface area contributed by atoms with E-state index in [4.69, 9.17) is 9.52 Å². The third-order valence-corrected chi connectivity index (χ3v) is 4.91. The molecule has 1 aliphatic rings. The molecule has 0 spiro atoms. The molecule has 1 fully saturated rings. The van der Waals surface area contributed by atoms with Crippen LogP contribution in [0.3, 0.4) is 0 Å². The van der Waals surface area contributed by atoms with Gasteiger partial charge in [0, 0.05) is 11.6 Å². The first-order valence-corrected chi connectivity index (χ1v) is 9.20. The zero-order chi connectivity index (χ0) is 17.6. The lowest BCUT2D eigenvalue weighted by Crippen LogP contribution is -2.14. The van der Waals surface area contributed by atoms with Crippen LogP contribution >= 0.6 is 11.8 Å². The smallest absolute Gasteiger partial charge is 0.335 e. The standard InChI is InChI=1S/C17H19N3O4S/c21-14(18-13-8-4-7-12(9-13)16(22)23)10-25-17-20-19-15(24-17)11-5-2-1-3-6-11/h4,7-9,11H,1-3,5-6,10H2,(H,18,21)(H,22,23). The van der Waals surface area contributed by atoms with Crippen LogP contribution in [0.4, 0.5) is 5.69 Å². The number of carbonyl (C=O) groups is 2. The van der Waals surface area contributed by atoms with E-state index in [1.807, 2.05) is 0 Å². The second-order valence-corrected chi connectivity index (χ2v) is 6.89. The number of aromatic nitrogens is 2. The quantitative estimate of drug-likeness (QED) is 0.758. The van der Waals surface area contributed by atoms with Crippen LogP contribution in [0.2, 0.25) is 0 Å². The van der Waals surface area contributed by atoms with Gasteiger partial charge in [-0.3, -0.25) is 4.79 Å². The second kappa shape index (κ2) is 8.15. The van der Waals surface area contributed by atoms with Crippen LogP contribution in [0.5, 0.6) is 0 Å². The first-order valence-electron chi connectivity index (χ1n) is 8.21. The van der Waals surface area contributed by atoms with Gasteiger partial charge in [0.15, 0.2) is 0 Å². The highest BCUT2D eigenvalue weighted by Gasteiger charge is 2.21. The van der Waals surface area contributed by atoms with Crippen LogP contribution in [0.1, 0.15) is 54.3 Å². The lowest BCUT2D eigenvalue weighted by atomic mass is 9.89. The minimum absolute atomic E-state index is 0.115. The maximum absolute atomic E-state index is 12.0. The zero-order valence-electron chi connectivity index (χ0n) is 13.6. The van der Waals surface area contributed by atoms with Crippen molar-refractivity contribution in [1.29, 1.82) is 0 Å². The van der Waals surface area contributed by atoms with E-state index in [9.17, 15) is 9.59 Å². The minimum Gasteiger partial charge on any atom is -0.478 e. The molecule has 7 nitrogen and oxygen atoms in total. The number of anilines is 1. The van der Waals surface area contributed by atoms with Gasteiger partial charge in [0.05, 0.1) is 11.3 Å². The molecule has 0 atom stereocenters. The highest BCUT2D eigenvalue weighted by Crippen LogP contribution is 2.32. The number of carboxylic acids is 1. The number of aromatic carboxylic acids is 1. The van der Waals surface area contributed by atoms with Crippen LogP contribution in [0.15, 0.2) is 33.9 Å². The topological polar surface area (TPSA) is 105 Å². The molecule has 1 heterocycles. The molecule has 0 radical (unpaired) electrons. The van der Waals surface area contributed by atoms with Gasteiger partial charge >= 0.3 is 5.97 Å². The van der Waals surface area contributed by atoms with Crippen LogP contribution in [-0.4, -0.2) is 32.9 Å². The molecule has 0 aliphatic heterocycles. The van der Waals surface area contributed by atoms with E-state index in [1.54, 1.807) is 12.1 Å². The summed E-state index contributed by atoms with van der Waals surface area (Å²) in [4.78, 5) is 22.9. The number of amides is 1. The normalized spacial score (nSPS) is 15.0. The van der Waals surface area contributed by atoms with Crippen molar-refractivity contribution in [3.63, 3.8) is 0 Å². The fourth-order valence-electron chi connectivity index (χ4n) is 2.85. The summed E-state index contributed by atoms with van der Waals surface area (Å²) in [6, 6.07) is 6.11. The average molecular weight is 361 g/mol. The predicted molar refractivity (Wildman–Crippen MR) is 92.9 cm³/mol. The molecule has 3 rings (SSSR count). The molecule has 8 heteroatoms. The van der Waals surface area contributed by atoms with Gasteiger partial charge in [-0.25, -0.2) is 4.79 Å². The van der Waals surface area contributed by atoms with Gasteiger partial charge < -0.3 is 14.8 Å². The summed E-state index contributed by atoms with van der Waals surface area (Å²) in [6.07, 6.45) is 5.79. The minimum atomic E-state index is -1.04. The van der Waals surface area contributed by atoms with Crippen molar-refractivity contribution >= 4 is 29.3 Å². The predicted octanol–water partition coefficient (Wildman–Crippen LogP) is 3.55. The van der Waals surface area contributed by atoms with E-state index < -0.39 is 5.97 Å². The molecule has 1 aromatic carbocycles. The molecule has 25 heavy (non-hydrogen) atoms. The SMILES string of the molecule is O=C(CSc1nnc(C2CCCCC2)o1)Nc1cccc(C(=O)O)c1. The van der Waals surface area contributed by atoms with Crippen LogP contribution in [0, 0.1) is 0 Å². The zero-order valence-corrected chi connectivity index (χ0v) is 14.4. The third kappa shape index (κ3) is 4.82. The number of hydrogen-bond donors (Lipinski definition) is 2. The van der Waals surface area contributed by atoms with E-state index in [-0.39, 0.29) is 17.2 Å². The summed E-state index contributed by atoms with van der Waals surface area (Å²) in [7, 11) is 0. The first kappa shape index (κ1) is 17.5. The van der Waals surface area contributed by atoms with Crippen molar-refractivity contribution in [2.75, 3.05) is 11.1 Å². The highest BCUT2D eigenvalue weighted by atomic mass is 32.2. The van der Waals surface area contributed by atoms with Crippen molar-refractivity contribution in [2.45, 2.75) is 43.2 Å². The van der Waals surface area contributed by atoms with Crippen LogP contribution in [0.25, 0.3) is 0 Å². The van der Waals surface area contributed by atoms with Crippen molar-refractivity contribution in [1.82, 2.24) is 10.2 Å². The Hall–Kier alpha value is -2.35. The maximum atomic E-state index is 12.0. The number of carboxylic acid groups (broad SMARTS) is 1. The molecular weight excluding hydrogens is 342 g/mol. The van der Waals surface area contributed by atoms with Crippen LogP contribution in [-0.2, 0) is 4.79 Å². The number of carbonyl (C=O) groups excluding carboxylic acids is 1. The van der Waals surface area contributed by atoms with E-state index in [2.05, 4.69) is 15.5 Å². The summed E-state index contributed by atoms with van der Waals surface area (Å²) in [5.41, 5.74) is 0.568. The Morgan fingerprint density at radius 1 is 1.24 bits per heavy atom. The number of hydrogen-bond acceptors (Lipinski definition) is 6. The van der Waals surface area contributed by atoms with Crippen molar-refractivity contribution in [3.8, 4) is 0 Å². The Morgan fingerprint density at radius 2 is 2.04 bits per heavy atom. The van der Waals surface area contributed by atoms with E-state index in [0.29, 0.717) is 22.7 Å².